The zero-order valence-corrected chi connectivity index (χ0v) is 12.0. The first-order valence-corrected chi connectivity index (χ1v) is 6.85. The Morgan fingerprint density at radius 3 is 2.91 bits per heavy atom. The molecule has 0 atom stereocenters. The van der Waals surface area contributed by atoms with Crippen LogP contribution < -0.4 is 10.1 Å². The zero-order valence-electron chi connectivity index (χ0n) is 12.0. The predicted molar refractivity (Wildman–Crippen MR) is 82.4 cm³/mol. The van der Waals surface area contributed by atoms with E-state index >= 15 is 0 Å². The molecule has 2 aromatic carbocycles. The third kappa shape index (κ3) is 2.93. The van der Waals surface area contributed by atoms with E-state index in [2.05, 4.69) is 10.3 Å². The molecule has 0 radical (unpaired) electrons. The van der Waals surface area contributed by atoms with Crippen molar-refractivity contribution in [1.29, 1.82) is 0 Å². The van der Waals surface area contributed by atoms with Crippen LogP contribution in [0.25, 0.3) is 10.9 Å². The molecule has 0 saturated carbocycles. The molecule has 2 N–H and O–H groups in total. The van der Waals surface area contributed by atoms with Crippen LogP contribution in [0, 0.1) is 5.82 Å². The summed E-state index contributed by atoms with van der Waals surface area (Å²) >= 11 is 0. The molecule has 22 heavy (non-hydrogen) atoms. The first kappa shape index (κ1) is 14.1. The molecule has 3 aromatic rings. The number of fused-ring (bicyclic) bond motifs is 1. The highest BCUT2D eigenvalue weighted by Gasteiger charge is 2.09. The Hall–Kier alpha value is -2.82. The molecular weight excluding hydrogens is 283 g/mol. The van der Waals surface area contributed by atoms with Crippen molar-refractivity contribution in [1.82, 2.24) is 10.3 Å². The van der Waals surface area contributed by atoms with E-state index in [1.807, 2.05) is 24.3 Å². The van der Waals surface area contributed by atoms with Crippen molar-refractivity contribution >= 4 is 16.8 Å². The number of aromatic nitrogens is 1. The van der Waals surface area contributed by atoms with Crippen LogP contribution in [-0.4, -0.2) is 18.0 Å². The number of methoxy groups -OCH3 is 1. The standard InChI is InChI=1S/C17H15FN2O2/c1-22-14-4-2-3-11(7-14)10-19-17(21)16-9-12-8-13(18)5-6-15(12)20-16/h2-9,20H,10H2,1H3,(H,19,21). The van der Waals surface area contributed by atoms with Gasteiger partial charge in [-0.2, -0.15) is 0 Å². The normalized spacial score (nSPS) is 10.6. The lowest BCUT2D eigenvalue weighted by molar-refractivity contribution is 0.0946. The highest BCUT2D eigenvalue weighted by molar-refractivity contribution is 5.97. The fraction of sp³-hybridized carbons (Fsp3) is 0.118. The maximum Gasteiger partial charge on any atom is 0.267 e. The third-order valence-corrected chi connectivity index (χ3v) is 3.41. The summed E-state index contributed by atoms with van der Waals surface area (Å²) in [6.45, 7) is 0.389. The van der Waals surface area contributed by atoms with Gasteiger partial charge in [0, 0.05) is 17.4 Å². The average molecular weight is 298 g/mol. The number of halogens is 1. The van der Waals surface area contributed by atoms with E-state index in [1.165, 1.54) is 12.1 Å². The number of hydrogen-bond donors (Lipinski definition) is 2. The van der Waals surface area contributed by atoms with Crippen molar-refractivity contribution in [2.24, 2.45) is 0 Å². The maximum atomic E-state index is 13.2. The number of benzene rings is 2. The highest BCUT2D eigenvalue weighted by Crippen LogP contribution is 2.17. The molecule has 1 aromatic heterocycles. The molecular formula is C17H15FN2O2. The fourth-order valence-corrected chi connectivity index (χ4v) is 2.29. The molecule has 5 heteroatoms. The Bertz CT molecular complexity index is 826. The minimum atomic E-state index is -0.324. The molecule has 1 heterocycles. The fourth-order valence-electron chi connectivity index (χ4n) is 2.29. The number of nitrogens with one attached hydrogen (secondary N) is 2. The van der Waals surface area contributed by atoms with Crippen molar-refractivity contribution in [3.05, 3.63) is 65.6 Å². The van der Waals surface area contributed by atoms with E-state index < -0.39 is 0 Å². The van der Waals surface area contributed by atoms with Gasteiger partial charge in [-0.15, -0.1) is 0 Å². The van der Waals surface area contributed by atoms with Gasteiger partial charge in [0.1, 0.15) is 17.3 Å². The summed E-state index contributed by atoms with van der Waals surface area (Å²) in [5.74, 6) is 0.183. The summed E-state index contributed by atoms with van der Waals surface area (Å²) in [5.41, 5.74) is 2.08. The number of carbonyl (C=O) groups excluding carboxylic acids is 1. The molecule has 1 amide bonds. The van der Waals surface area contributed by atoms with Gasteiger partial charge in [-0.1, -0.05) is 12.1 Å². The van der Waals surface area contributed by atoms with Crippen LogP contribution in [0.5, 0.6) is 5.75 Å². The lowest BCUT2D eigenvalue weighted by Crippen LogP contribution is -2.23. The van der Waals surface area contributed by atoms with Gasteiger partial charge in [0.05, 0.1) is 7.11 Å². The Labute approximate surface area is 126 Å². The largest absolute Gasteiger partial charge is 0.497 e. The number of carbonyl (C=O) groups is 1. The van der Waals surface area contributed by atoms with Gasteiger partial charge in [0.25, 0.3) is 5.91 Å². The Morgan fingerprint density at radius 1 is 1.23 bits per heavy atom. The number of H-pyrrole nitrogens is 1. The SMILES string of the molecule is COc1cccc(CNC(=O)c2cc3cc(F)ccc3[nH]2)c1. The summed E-state index contributed by atoms with van der Waals surface area (Å²) in [4.78, 5) is 15.1. The van der Waals surface area contributed by atoms with E-state index in [9.17, 15) is 9.18 Å². The van der Waals surface area contributed by atoms with Crippen LogP contribution in [0.4, 0.5) is 4.39 Å². The van der Waals surface area contributed by atoms with Gasteiger partial charge in [0.15, 0.2) is 0 Å². The Balaban J connectivity index is 1.72. The lowest BCUT2D eigenvalue weighted by atomic mass is 10.2. The number of hydrogen-bond acceptors (Lipinski definition) is 2. The van der Waals surface area contributed by atoms with Crippen molar-refractivity contribution in [2.45, 2.75) is 6.54 Å². The molecule has 0 bridgehead atoms. The summed E-state index contributed by atoms with van der Waals surface area (Å²) in [6, 6.07) is 13.5. The molecule has 0 fully saturated rings. The molecule has 0 saturated heterocycles. The van der Waals surface area contributed by atoms with Crippen molar-refractivity contribution in [2.75, 3.05) is 7.11 Å². The molecule has 0 aliphatic rings. The van der Waals surface area contributed by atoms with Gasteiger partial charge in [-0.25, -0.2) is 4.39 Å². The van der Waals surface area contributed by atoms with Crippen LogP contribution in [0.1, 0.15) is 16.1 Å². The van der Waals surface area contributed by atoms with Crippen molar-refractivity contribution in [3.8, 4) is 5.75 Å². The minimum Gasteiger partial charge on any atom is -0.497 e. The van der Waals surface area contributed by atoms with Gasteiger partial charge in [-0.3, -0.25) is 4.79 Å². The average Bonchev–Trinajstić information content (AvgIpc) is 2.96. The zero-order chi connectivity index (χ0) is 15.5. The topological polar surface area (TPSA) is 54.1 Å². The third-order valence-electron chi connectivity index (χ3n) is 3.41. The molecule has 3 rings (SSSR count). The highest BCUT2D eigenvalue weighted by atomic mass is 19.1. The van der Waals surface area contributed by atoms with Crippen LogP contribution in [0.15, 0.2) is 48.5 Å². The summed E-state index contributed by atoms with van der Waals surface area (Å²) in [6.07, 6.45) is 0. The van der Waals surface area contributed by atoms with E-state index in [-0.39, 0.29) is 11.7 Å². The molecule has 0 aliphatic heterocycles. The van der Waals surface area contributed by atoms with E-state index in [4.69, 9.17) is 4.74 Å². The second-order valence-corrected chi connectivity index (χ2v) is 4.95. The molecule has 0 aliphatic carbocycles. The number of amides is 1. The molecule has 112 valence electrons. The first-order valence-electron chi connectivity index (χ1n) is 6.85. The summed E-state index contributed by atoms with van der Waals surface area (Å²) < 4.78 is 18.3. The van der Waals surface area contributed by atoms with Gasteiger partial charge in [-0.05, 0) is 42.0 Å². The Morgan fingerprint density at radius 2 is 2.09 bits per heavy atom. The van der Waals surface area contributed by atoms with Crippen LogP contribution >= 0.6 is 0 Å². The van der Waals surface area contributed by atoms with Crippen molar-refractivity contribution < 1.29 is 13.9 Å². The van der Waals surface area contributed by atoms with Crippen LogP contribution in [0.3, 0.4) is 0 Å². The second kappa shape index (κ2) is 5.89. The van der Waals surface area contributed by atoms with E-state index in [0.29, 0.717) is 17.6 Å². The number of ether oxygens (including phenoxy) is 1. The maximum absolute atomic E-state index is 13.2. The van der Waals surface area contributed by atoms with E-state index in [1.54, 1.807) is 19.2 Å². The first-order chi connectivity index (χ1) is 10.7. The lowest BCUT2D eigenvalue weighted by Gasteiger charge is -2.06. The molecule has 4 nitrogen and oxygen atoms in total. The van der Waals surface area contributed by atoms with E-state index in [0.717, 1.165) is 16.8 Å². The van der Waals surface area contributed by atoms with Crippen LogP contribution in [-0.2, 0) is 6.54 Å². The monoisotopic (exact) mass is 298 g/mol. The molecule has 0 unspecified atom stereocenters. The predicted octanol–water partition coefficient (Wildman–Crippen LogP) is 3.25. The smallest absolute Gasteiger partial charge is 0.267 e. The second-order valence-electron chi connectivity index (χ2n) is 4.95. The molecule has 0 spiro atoms. The minimum absolute atomic E-state index is 0.237. The van der Waals surface area contributed by atoms with Crippen LogP contribution in [0.2, 0.25) is 0 Å². The van der Waals surface area contributed by atoms with Crippen molar-refractivity contribution in [3.63, 3.8) is 0 Å². The number of aromatic amines is 1. The Kier molecular flexibility index (Phi) is 3.78. The number of rotatable bonds is 4. The van der Waals surface area contributed by atoms with Gasteiger partial charge >= 0.3 is 0 Å². The van der Waals surface area contributed by atoms with Gasteiger partial charge in [0.2, 0.25) is 0 Å². The summed E-state index contributed by atoms with van der Waals surface area (Å²) in [7, 11) is 1.60. The van der Waals surface area contributed by atoms with Gasteiger partial charge < -0.3 is 15.0 Å². The quantitative estimate of drug-likeness (QED) is 0.777. The summed E-state index contributed by atoms with van der Waals surface area (Å²) in [5, 5.41) is 3.50.